The minimum absolute atomic E-state index is 0.216. The Morgan fingerprint density at radius 1 is 1.11 bits per heavy atom. The number of fused-ring (bicyclic) bond motifs is 1. The molecule has 0 aliphatic heterocycles. The molecule has 0 unspecified atom stereocenters. The maximum atomic E-state index is 12.6. The molecule has 1 aliphatic rings. The van der Waals surface area contributed by atoms with Crippen LogP contribution in [0.2, 0.25) is 5.02 Å². The lowest BCUT2D eigenvalue weighted by Gasteiger charge is -2.28. The molecular weight excluding hydrogens is 494 g/mol. The van der Waals surface area contributed by atoms with E-state index in [-0.39, 0.29) is 12.3 Å². The van der Waals surface area contributed by atoms with Gasteiger partial charge in [0.1, 0.15) is 5.69 Å². The Kier molecular flexibility index (Phi) is 7.12. The number of nitrogens with zero attached hydrogens (tertiary/aromatic N) is 2. The zero-order valence-electron chi connectivity index (χ0n) is 20.0. The zero-order valence-corrected chi connectivity index (χ0v) is 21.6. The molecule has 2 aromatic carbocycles. The van der Waals surface area contributed by atoms with Gasteiger partial charge >= 0.3 is 5.97 Å². The number of carbonyl (C=O) groups is 2. The minimum Gasteiger partial charge on any atom is -0.481 e. The van der Waals surface area contributed by atoms with Gasteiger partial charge in [0.15, 0.2) is 4.96 Å². The second-order valence-electron chi connectivity index (χ2n) is 9.62. The number of aliphatic carboxylic acids is 1. The summed E-state index contributed by atoms with van der Waals surface area (Å²) in [7, 11) is 0. The quantitative estimate of drug-likeness (QED) is 0.283. The molecule has 1 saturated carbocycles. The van der Waals surface area contributed by atoms with Crippen molar-refractivity contribution in [2.24, 2.45) is 5.92 Å². The molecule has 1 fully saturated rings. The Balaban J connectivity index is 1.21. The van der Waals surface area contributed by atoms with Gasteiger partial charge in [-0.2, -0.15) is 0 Å². The second kappa shape index (κ2) is 10.4. The summed E-state index contributed by atoms with van der Waals surface area (Å²) in [5.74, 6) is -0.0905. The Morgan fingerprint density at radius 2 is 1.86 bits per heavy atom. The Hall–Kier alpha value is -3.16. The van der Waals surface area contributed by atoms with Crippen molar-refractivity contribution >= 4 is 39.8 Å². The van der Waals surface area contributed by atoms with Gasteiger partial charge in [-0.25, -0.2) is 4.98 Å². The number of imidazole rings is 1. The lowest BCUT2D eigenvalue weighted by atomic mass is 9.77. The van der Waals surface area contributed by atoms with Gasteiger partial charge < -0.3 is 10.4 Å². The zero-order chi connectivity index (χ0) is 25.2. The van der Waals surface area contributed by atoms with Gasteiger partial charge in [-0.3, -0.25) is 14.0 Å². The number of benzene rings is 2. The van der Waals surface area contributed by atoms with Gasteiger partial charge in [-0.05, 0) is 72.8 Å². The first-order valence-electron chi connectivity index (χ1n) is 12.2. The molecule has 0 spiro atoms. The summed E-state index contributed by atoms with van der Waals surface area (Å²) in [6, 6.07) is 14.4. The van der Waals surface area contributed by atoms with Crippen LogP contribution >= 0.6 is 22.9 Å². The maximum Gasteiger partial charge on any atom is 0.303 e. The van der Waals surface area contributed by atoms with Crippen LogP contribution in [0.5, 0.6) is 0 Å². The average molecular weight is 522 g/mol. The number of nitrogens with one attached hydrogen (secondary N) is 1. The third kappa shape index (κ3) is 5.47. The van der Waals surface area contributed by atoms with Crippen molar-refractivity contribution < 1.29 is 14.7 Å². The summed E-state index contributed by atoms with van der Waals surface area (Å²) in [5.41, 5.74) is 4.78. The highest BCUT2D eigenvalue weighted by Gasteiger charge is 2.24. The molecule has 186 valence electrons. The molecule has 2 N–H and O–H groups in total. The van der Waals surface area contributed by atoms with E-state index >= 15 is 0 Å². The van der Waals surface area contributed by atoms with Gasteiger partial charge in [-0.15, -0.1) is 0 Å². The smallest absolute Gasteiger partial charge is 0.303 e. The van der Waals surface area contributed by atoms with Gasteiger partial charge in [0.05, 0.1) is 4.88 Å². The normalized spacial score (nSPS) is 17.8. The number of rotatable bonds is 7. The molecule has 0 radical (unpaired) electrons. The summed E-state index contributed by atoms with van der Waals surface area (Å²) < 4.78 is 1.90. The Labute approximate surface area is 219 Å². The number of carboxylic acids is 1. The summed E-state index contributed by atoms with van der Waals surface area (Å²) in [6.45, 7) is 2.34. The largest absolute Gasteiger partial charge is 0.481 e. The van der Waals surface area contributed by atoms with Crippen LogP contribution in [-0.2, 0) is 11.3 Å². The van der Waals surface area contributed by atoms with E-state index in [0.717, 1.165) is 52.2 Å². The first kappa shape index (κ1) is 24.5. The average Bonchev–Trinajstić information content (AvgIpc) is 3.45. The van der Waals surface area contributed by atoms with Crippen molar-refractivity contribution in [3.8, 4) is 10.4 Å². The van der Waals surface area contributed by atoms with Crippen molar-refractivity contribution in [3.05, 3.63) is 82.3 Å². The van der Waals surface area contributed by atoms with E-state index in [4.69, 9.17) is 16.7 Å². The molecule has 0 bridgehead atoms. The monoisotopic (exact) mass is 521 g/mol. The van der Waals surface area contributed by atoms with Crippen molar-refractivity contribution in [1.82, 2.24) is 14.7 Å². The van der Waals surface area contributed by atoms with Crippen LogP contribution in [-0.4, -0.2) is 26.4 Å². The molecule has 6 nitrogen and oxygen atoms in total. The number of hydrogen-bond acceptors (Lipinski definition) is 4. The van der Waals surface area contributed by atoms with Crippen LogP contribution in [0.4, 0.5) is 0 Å². The van der Waals surface area contributed by atoms with Crippen molar-refractivity contribution in [2.75, 3.05) is 0 Å². The molecule has 1 aliphatic carbocycles. The number of aryl methyl sites for hydroxylation is 1. The van der Waals surface area contributed by atoms with Crippen LogP contribution in [0.25, 0.3) is 15.4 Å². The van der Waals surface area contributed by atoms with Crippen molar-refractivity contribution in [3.63, 3.8) is 0 Å². The van der Waals surface area contributed by atoms with E-state index in [1.54, 1.807) is 17.5 Å². The highest BCUT2D eigenvalue weighted by Crippen LogP contribution is 2.38. The number of carbonyl (C=O) groups excluding carboxylic acids is 1. The van der Waals surface area contributed by atoms with Gasteiger partial charge in [0.25, 0.3) is 5.91 Å². The van der Waals surface area contributed by atoms with Crippen LogP contribution in [0, 0.1) is 12.8 Å². The molecule has 5 rings (SSSR count). The van der Waals surface area contributed by atoms with E-state index in [1.165, 1.54) is 5.56 Å². The summed E-state index contributed by atoms with van der Waals surface area (Å²) in [4.78, 5) is 30.0. The lowest BCUT2D eigenvalue weighted by Crippen LogP contribution is -2.23. The predicted octanol–water partition coefficient (Wildman–Crippen LogP) is 6.70. The number of carboxylic acid groups (broad SMARTS) is 1. The van der Waals surface area contributed by atoms with Crippen LogP contribution in [0.15, 0.2) is 54.9 Å². The fraction of sp³-hybridized carbons (Fsp3) is 0.321. The number of thiazole rings is 1. The topological polar surface area (TPSA) is 83.7 Å². The van der Waals surface area contributed by atoms with Crippen LogP contribution < -0.4 is 5.32 Å². The number of halogens is 1. The standard InChI is InChI=1S/C28H28ClN3O3S/c1-17-2-3-19(12-23(17)29)14-30-27(35)24-15-32-16-25(36-28(32)31-24)22-10-8-21(9-11-22)20-6-4-18(5-7-20)13-26(33)34/h2-3,8-12,15-16,18,20H,4-7,13-14H2,1H3,(H,30,35)(H,33,34)/t18-,20-. The fourth-order valence-corrected chi connectivity index (χ4v) is 6.10. The molecule has 8 heteroatoms. The number of aromatic nitrogens is 2. The SMILES string of the molecule is Cc1ccc(CNC(=O)c2cn3cc(-c4ccc([C@H]5CC[C@H](CC(=O)O)CC5)cc4)sc3n2)cc1Cl. The van der Waals surface area contributed by atoms with Gasteiger partial charge in [0.2, 0.25) is 0 Å². The highest BCUT2D eigenvalue weighted by atomic mass is 35.5. The third-order valence-corrected chi connectivity index (χ3v) is 8.51. The Bertz CT molecular complexity index is 1370. The molecule has 4 aromatic rings. The molecular formula is C28H28ClN3O3S. The molecule has 2 heterocycles. The van der Waals surface area contributed by atoms with E-state index in [1.807, 2.05) is 35.7 Å². The molecule has 0 saturated heterocycles. The maximum absolute atomic E-state index is 12.6. The first-order chi connectivity index (χ1) is 17.4. The van der Waals surface area contributed by atoms with E-state index in [9.17, 15) is 9.59 Å². The molecule has 2 aromatic heterocycles. The van der Waals surface area contributed by atoms with Crippen molar-refractivity contribution in [2.45, 2.75) is 51.5 Å². The van der Waals surface area contributed by atoms with E-state index < -0.39 is 5.97 Å². The van der Waals surface area contributed by atoms with Crippen LogP contribution in [0.1, 0.15) is 65.2 Å². The fourth-order valence-electron chi connectivity index (χ4n) is 4.92. The second-order valence-corrected chi connectivity index (χ2v) is 11.0. The third-order valence-electron chi connectivity index (χ3n) is 7.05. The van der Waals surface area contributed by atoms with Gasteiger partial charge in [0, 0.05) is 30.4 Å². The van der Waals surface area contributed by atoms with E-state index in [2.05, 4.69) is 34.6 Å². The van der Waals surface area contributed by atoms with Crippen LogP contribution in [0.3, 0.4) is 0 Å². The highest BCUT2D eigenvalue weighted by molar-refractivity contribution is 7.20. The Morgan fingerprint density at radius 3 is 2.53 bits per heavy atom. The lowest BCUT2D eigenvalue weighted by molar-refractivity contribution is -0.138. The molecule has 0 atom stereocenters. The first-order valence-corrected chi connectivity index (χ1v) is 13.4. The number of hydrogen-bond donors (Lipinski definition) is 2. The van der Waals surface area contributed by atoms with E-state index in [0.29, 0.717) is 29.1 Å². The van der Waals surface area contributed by atoms with Crippen molar-refractivity contribution in [1.29, 1.82) is 0 Å². The molecule has 36 heavy (non-hydrogen) atoms. The summed E-state index contributed by atoms with van der Waals surface area (Å²) >= 11 is 7.73. The number of amides is 1. The predicted molar refractivity (Wildman–Crippen MR) is 143 cm³/mol. The molecule has 1 amide bonds. The summed E-state index contributed by atoms with van der Waals surface area (Å²) in [5, 5.41) is 12.6. The van der Waals surface area contributed by atoms with Gasteiger partial charge in [-0.1, -0.05) is 59.3 Å². The summed E-state index contributed by atoms with van der Waals surface area (Å²) in [6.07, 6.45) is 8.12. The minimum atomic E-state index is -0.689.